The normalized spacial score (nSPS) is 28.4. The Hall–Kier alpha value is -1.86. The van der Waals surface area contributed by atoms with Crippen molar-refractivity contribution in [2.45, 2.75) is 44.2 Å². The zero-order valence-electron chi connectivity index (χ0n) is 11.4. The number of rotatable bonds is 2. The van der Waals surface area contributed by atoms with Gasteiger partial charge in [0.05, 0.1) is 17.7 Å². The Morgan fingerprint density at radius 2 is 2.20 bits per heavy atom. The summed E-state index contributed by atoms with van der Waals surface area (Å²) in [6.07, 6.45) is 5.94. The smallest absolute Gasteiger partial charge is 0.241 e. The van der Waals surface area contributed by atoms with Gasteiger partial charge in [-0.2, -0.15) is 5.26 Å². The number of fused-ring (bicyclic) bond motifs is 1. The van der Waals surface area contributed by atoms with E-state index < -0.39 is 0 Å². The molecule has 1 aliphatic heterocycles. The highest BCUT2D eigenvalue weighted by molar-refractivity contribution is 5.95. The van der Waals surface area contributed by atoms with Crippen LogP contribution in [-0.2, 0) is 4.79 Å². The molecule has 104 valence electrons. The maximum atomic E-state index is 12.3. The van der Waals surface area contributed by atoms with Crippen LogP contribution in [0.5, 0.6) is 0 Å². The van der Waals surface area contributed by atoms with Crippen LogP contribution in [0.2, 0.25) is 0 Å². The Morgan fingerprint density at radius 1 is 1.35 bits per heavy atom. The number of carbonyl (C=O) groups is 1. The molecule has 1 heterocycles. The lowest BCUT2D eigenvalue weighted by Crippen LogP contribution is -2.39. The first-order valence-electron chi connectivity index (χ1n) is 7.33. The van der Waals surface area contributed by atoms with Gasteiger partial charge in [0, 0.05) is 11.7 Å². The van der Waals surface area contributed by atoms with Gasteiger partial charge < -0.3 is 10.6 Å². The van der Waals surface area contributed by atoms with Gasteiger partial charge >= 0.3 is 0 Å². The topological polar surface area (TPSA) is 64.9 Å². The van der Waals surface area contributed by atoms with Gasteiger partial charge in [-0.3, -0.25) is 4.79 Å². The molecule has 2 fully saturated rings. The maximum Gasteiger partial charge on any atom is 0.241 e. The zero-order chi connectivity index (χ0) is 13.9. The van der Waals surface area contributed by atoms with E-state index in [4.69, 9.17) is 5.26 Å². The summed E-state index contributed by atoms with van der Waals surface area (Å²) in [6, 6.07) is 9.56. The number of nitrogens with zero attached hydrogens (tertiary/aromatic N) is 1. The fraction of sp³-hybridized carbons (Fsp3) is 0.500. The van der Waals surface area contributed by atoms with Crippen molar-refractivity contribution in [2.24, 2.45) is 5.92 Å². The second-order valence-electron chi connectivity index (χ2n) is 5.79. The number of carbonyl (C=O) groups excluding carboxylic acids is 1. The second-order valence-corrected chi connectivity index (χ2v) is 5.79. The van der Waals surface area contributed by atoms with Crippen LogP contribution in [0.25, 0.3) is 0 Å². The number of nitriles is 1. The molecule has 2 aliphatic rings. The minimum atomic E-state index is -0.0890. The molecule has 1 aromatic rings. The van der Waals surface area contributed by atoms with Crippen molar-refractivity contribution >= 4 is 11.6 Å². The fourth-order valence-electron chi connectivity index (χ4n) is 3.42. The maximum absolute atomic E-state index is 12.3. The minimum Gasteiger partial charge on any atom is -0.325 e. The van der Waals surface area contributed by atoms with Gasteiger partial charge in [0.1, 0.15) is 0 Å². The van der Waals surface area contributed by atoms with Gasteiger partial charge in [-0.25, -0.2) is 0 Å². The fourth-order valence-corrected chi connectivity index (χ4v) is 3.42. The van der Waals surface area contributed by atoms with Crippen LogP contribution < -0.4 is 10.6 Å². The van der Waals surface area contributed by atoms with Crippen LogP contribution in [0.1, 0.15) is 37.7 Å². The van der Waals surface area contributed by atoms with E-state index in [2.05, 4.69) is 16.7 Å². The number of benzene rings is 1. The van der Waals surface area contributed by atoms with Crippen LogP contribution in [0.15, 0.2) is 24.3 Å². The summed E-state index contributed by atoms with van der Waals surface area (Å²) in [5.41, 5.74) is 1.27. The first-order chi connectivity index (χ1) is 9.76. The van der Waals surface area contributed by atoms with Gasteiger partial charge in [0.15, 0.2) is 0 Å². The van der Waals surface area contributed by atoms with E-state index in [-0.39, 0.29) is 11.9 Å². The largest absolute Gasteiger partial charge is 0.325 e. The molecule has 3 rings (SSSR count). The number of anilines is 1. The molecule has 3 atom stereocenters. The molecule has 3 unspecified atom stereocenters. The van der Waals surface area contributed by atoms with Crippen LogP contribution in [-0.4, -0.2) is 18.0 Å². The summed E-state index contributed by atoms with van der Waals surface area (Å²) >= 11 is 0. The van der Waals surface area contributed by atoms with Crippen LogP contribution in [0, 0.1) is 17.2 Å². The van der Waals surface area contributed by atoms with Crippen LogP contribution in [0.3, 0.4) is 0 Å². The lowest BCUT2D eigenvalue weighted by Gasteiger charge is -2.24. The molecule has 1 aromatic carbocycles. The predicted octanol–water partition coefficient (Wildman–Crippen LogP) is 2.42. The molecule has 4 heteroatoms. The van der Waals surface area contributed by atoms with E-state index in [9.17, 15) is 4.79 Å². The van der Waals surface area contributed by atoms with Crippen LogP contribution in [0.4, 0.5) is 5.69 Å². The Bertz CT molecular complexity index is 535. The van der Waals surface area contributed by atoms with Crippen molar-refractivity contribution in [3.8, 4) is 6.07 Å². The van der Waals surface area contributed by atoms with Crippen molar-refractivity contribution < 1.29 is 4.79 Å². The molecule has 2 N–H and O–H groups in total. The molecule has 0 spiro atoms. The molecule has 1 saturated carbocycles. The number of nitrogens with one attached hydrogen (secondary N) is 2. The average molecular weight is 269 g/mol. The molecule has 1 saturated heterocycles. The molecule has 20 heavy (non-hydrogen) atoms. The third-order valence-corrected chi connectivity index (χ3v) is 4.44. The Balaban J connectivity index is 1.63. The predicted molar refractivity (Wildman–Crippen MR) is 77.1 cm³/mol. The van der Waals surface area contributed by atoms with Gasteiger partial charge in [0.2, 0.25) is 5.91 Å². The Morgan fingerprint density at radius 3 is 3.00 bits per heavy atom. The van der Waals surface area contributed by atoms with E-state index in [1.807, 2.05) is 6.07 Å². The number of hydrogen-bond acceptors (Lipinski definition) is 3. The van der Waals surface area contributed by atoms with Gasteiger partial charge in [0.25, 0.3) is 0 Å². The molecule has 0 aromatic heterocycles. The molecule has 1 amide bonds. The SMILES string of the molecule is N#Cc1cccc(NC(=O)C2CC3CCCCC3N2)c1. The average Bonchev–Trinajstić information content (AvgIpc) is 2.91. The summed E-state index contributed by atoms with van der Waals surface area (Å²) in [6.45, 7) is 0. The number of amides is 1. The summed E-state index contributed by atoms with van der Waals surface area (Å²) < 4.78 is 0. The van der Waals surface area contributed by atoms with Gasteiger partial charge in [-0.15, -0.1) is 0 Å². The zero-order valence-corrected chi connectivity index (χ0v) is 11.4. The van der Waals surface area contributed by atoms with E-state index >= 15 is 0 Å². The van der Waals surface area contributed by atoms with Gasteiger partial charge in [-0.05, 0) is 43.4 Å². The highest BCUT2D eigenvalue weighted by Crippen LogP contribution is 2.33. The third kappa shape index (κ3) is 2.68. The van der Waals surface area contributed by atoms with E-state index in [0.29, 0.717) is 23.2 Å². The van der Waals surface area contributed by atoms with E-state index in [1.54, 1.807) is 18.2 Å². The first kappa shape index (κ1) is 13.1. The van der Waals surface area contributed by atoms with E-state index in [1.165, 1.54) is 25.7 Å². The monoisotopic (exact) mass is 269 g/mol. The minimum absolute atomic E-state index is 0.0227. The molecular formula is C16H19N3O. The van der Waals surface area contributed by atoms with Crippen molar-refractivity contribution in [3.05, 3.63) is 29.8 Å². The molecule has 0 bridgehead atoms. The third-order valence-electron chi connectivity index (χ3n) is 4.44. The first-order valence-corrected chi connectivity index (χ1v) is 7.33. The lowest BCUT2D eigenvalue weighted by atomic mass is 9.85. The molecule has 4 nitrogen and oxygen atoms in total. The standard InChI is InChI=1S/C16H19N3O/c17-10-11-4-3-6-13(8-11)18-16(20)15-9-12-5-1-2-7-14(12)19-15/h3-4,6,8,12,14-15,19H,1-2,5,7,9H2,(H,18,20). The summed E-state index contributed by atoms with van der Waals surface area (Å²) in [7, 11) is 0. The Labute approximate surface area is 119 Å². The van der Waals surface area contributed by atoms with Gasteiger partial charge in [-0.1, -0.05) is 18.9 Å². The Kier molecular flexibility index (Phi) is 3.70. The highest BCUT2D eigenvalue weighted by Gasteiger charge is 2.38. The summed E-state index contributed by atoms with van der Waals surface area (Å²) in [4.78, 5) is 12.3. The molecule has 0 radical (unpaired) electrons. The number of hydrogen-bond donors (Lipinski definition) is 2. The van der Waals surface area contributed by atoms with E-state index in [0.717, 1.165) is 6.42 Å². The second kappa shape index (κ2) is 5.64. The van der Waals surface area contributed by atoms with Crippen molar-refractivity contribution in [1.82, 2.24) is 5.32 Å². The summed E-state index contributed by atoms with van der Waals surface area (Å²) in [5.74, 6) is 0.680. The van der Waals surface area contributed by atoms with Crippen molar-refractivity contribution in [3.63, 3.8) is 0 Å². The quantitative estimate of drug-likeness (QED) is 0.866. The van der Waals surface area contributed by atoms with Crippen LogP contribution >= 0.6 is 0 Å². The van der Waals surface area contributed by atoms with Crippen molar-refractivity contribution in [2.75, 3.05) is 5.32 Å². The van der Waals surface area contributed by atoms with Crippen molar-refractivity contribution in [1.29, 1.82) is 5.26 Å². The lowest BCUT2D eigenvalue weighted by molar-refractivity contribution is -0.117. The highest BCUT2D eigenvalue weighted by atomic mass is 16.2. The molecule has 1 aliphatic carbocycles. The summed E-state index contributed by atoms with van der Waals surface area (Å²) in [5, 5.41) is 15.3. The molecular weight excluding hydrogens is 250 g/mol.